The molecule has 0 fully saturated rings. The first-order valence-electron chi connectivity index (χ1n) is 12.9. The Kier molecular flexibility index (Phi) is 46.1. The molecule has 0 rings (SSSR count). The van der Waals surface area contributed by atoms with E-state index in [0.29, 0.717) is 19.6 Å². The zero-order chi connectivity index (χ0) is 41.7. The Morgan fingerprint density at radius 2 is 0.255 bits per heavy atom. The Balaban J connectivity index is -0.000000110. The van der Waals surface area contributed by atoms with Gasteiger partial charge in [-0.1, -0.05) is 0 Å². The Bertz CT molecular complexity index is 957. The molecule has 0 N–H and O–H groups in total. The average molecular weight is 1030 g/mol. The second-order valence-electron chi connectivity index (χ2n) is 9.04. The van der Waals surface area contributed by atoms with Crippen LogP contribution in [0.1, 0.15) is 0 Å². The molecule has 0 saturated heterocycles. The predicted octanol–water partition coefficient (Wildman–Crippen LogP) is -21.9. The first-order valence-corrected chi connectivity index (χ1v) is 12.9. The van der Waals surface area contributed by atoms with Crippen LogP contribution in [0.4, 0.5) is 0 Å². The molecular weight excluding hydrogens is 1000 g/mol. The number of carbonyl (C=O) groups excluding carboxylic acids is 12. The summed E-state index contributed by atoms with van der Waals surface area (Å²) in [6.45, 7) is -9.48. The van der Waals surface area contributed by atoms with Gasteiger partial charge in [-0.3, -0.25) is 19.6 Å². The molecule has 0 radical (unpaired) electrons. The molecule has 0 heterocycles. The van der Waals surface area contributed by atoms with Crippen molar-refractivity contribution in [1.82, 2.24) is 19.6 Å². The Labute approximate surface area is 364 Å². The van der Waals surface area contributed by atoms with Gasteiger partial charge >= 0.3 is 78.6 Å². The number of nitrogens with zero attached hydrogens (tertiary/aromatic N) is 4. The van der Waals surface area contributed by atoms with Gasteiger partial charge in [-0.05, 0) is 0 Å². The fraction of sp³-hybridized carbons (Fsp3) is 0.500. The number of hydrogen-bond donors (Lipinski definition) is 0. The molecular formula is C24H24N4O24Zr3. The van der Waals surface area contributed by atoms with Crippen molar-refractivity contribution in [3.63, 3.8) is 0 Å². The van der Waals surface area contributed by atoms with Gasteiger partial charge in [-0.15, -0.1) is 0 Å². The number of carboxylic acids is 12. The van der Waals surface area contributed by atoms with Gasteiger partial charge in [0.1, 0.15) is 0 Å². The Morgan fingerprint density at radius 3 is 0.291 bits per heavy atom. The smallest absolute Gasteiger partial charge is 0.549 e. The number of aliphatic carboxylic acids is 12. The zero-order valence-corrected chi connectivity index (χ0v) is 34.9. The summed E-state index contributed by atoms with van der Waals surface area (Å²) in [5.74, 6) is -18.8. The molecule has 0 spiro atoms. The first-order chi connectivity index (χ1) is 23.7. The molecule has 0 aliphatic carbocycles. The van der Waals surface area contributed by atoms with E-state index >= 15 is 0 Å². The van der Waals surface area contributed by atoms with Gasteiger partial charge in [-0.2, -0.15) is 0 Å². The van der Waals surface area contributed by atoms with Crippen LogP contribution in [0.5, 0.6) is 0 Å². The summed E-state index contributed by atoms with van der Waals surface area (Å²) < 4.78 is 0. The van der Waals surface area contributed by atoms with Crippen LogP contribution >= 0.6 is 0 Å². The number of hydrogen-bond acceptors (Lipinski definition) is 28. The summed E-state index contributed by atoms with van der Waals surface area (Å²) in [4.78, 5) is 122. The van der Waals surface area contributed by atoms with E-state index in [1.807, 2.05) is 0 Å². The molecule has 0 aliphatic heterocycles. The van der Waals surface area contributed by atoms with Gasteiger partial charge in [0, 0.05) is 78.5 Å². The van der Waals surface area contributed by atoms with Gasteiger partial charge in [0.05, 0.1) is 71.6 Å². The SMILES string of the molecule is O=C([O-])CN(CC(=O)[O-])CC(=O)[O-].O=C([O-])CN(CC(=O)[O-])CC(=O)[O-].O=C([O-])CN(CC(=O)[O-])CC(=O)[O-].O=C([O-])CN(CC(=O)[O-])CC(=O)[O-].[Zr+4].[Zr+4].[Zr+4]. The van der Waals surface area contributed by atoms with Gasteiger partial charge in [0.25, 0.3) is 0 Å². The van der Waals surface area contributed by atoms with Gasteiger partial charge < -0.3 is 119 Å². The van der Waals surface area contributed by atoms with E-state index in [9.17, 15) is 119 Å². The van der Waals surface area contributed by atoms with Crippen molar-refractivity contribution in [1.29, 1.82) is 0 Å². The monoisotopic (exact) mass is 1020 g/mol. The summed E-state index contributed by atoms with van der Waals surface area (Å²) in [7, 11) is 0. The molecule has 0 aliphatic rings. The van der Waals surface area contributed by atoms with Gasteiger partial charge in [-0.25, -0.2) is 0 Å². The van der Waals surface area contributed by atoms with Crippen LogP contribution in [-0.4, -0.2) is 170 Å². The molecule has 0 amide bonds. The van der Waals surface area contributed by atoms with Crippen molar-refractivity contribution in [2.24, 2.45) is 0 Å². The maximum Gasteiger partial charge on any atom is 4.00 e. The third-order valence-electron chi connectivity index (χ3n) is 4.23. The van der Waals surface area contributed by atoms with E-state index in [1.165, 1.54) is 0 Å². The minimum atomic E-state index is -1.57. The Morgan fingerprint density at radius 1 is 0.200 bits per heavy atom. The van der Waals surface area contributed by atoms with Crippen LogP contribution in [0.15, 0.2) is 0 Å². The fourth-order valence-corrected chi connectivity index (χ4v) is 2.86. The predicted molar refractivity (Wildman–Crippen MR) is 126 cm³/mol. The minimum absolute atomic E-state index is 0. The van der Waals surface area contributed by atoms with Gasteiger partial charge in [0.2, 0.25) is 0 Å². The topological polar surface area (TPSA) is 495 Å². The van der Waals surface area contributed by atoms with Crippen LogP contribution < -0.4 is 61.3 Å². The molecule has 296 valence electrons. The minimum Gasteiger partial charge on any atom is -0.549 e. The molecule has 0 unspecified atom stereocenters. The zero-order valence-electron chi connectivity index (χ0n) is 27.6. The third kappa shape index (κ3) is 59.6. The number of carboxylic acid groups (broad SMARTS) is 12. The first kappa shape index (κ1) is 66.0. The van der Waals surface area contributed by atoms with E-state index in [4.69, 9.17) is 0 Å². The molecule has 0 bridgehead atoms. The fourth-order valence-electron chi connectivity index (χ4n) is 2.86. The molecule has 0 aromatic carbocycles. The average Bonchev–Trinajstić information content (AvgIpc) is 2.85. The van der Waals surface area contributed by atoms with Crippen LogP contribution in [0.2, 0.25) is 0 Å². The van der Waals surface area contributed by atoms with Crippen molar-refractivity contribution in [2.75, 3.05) is 78.5 Å². The summed E-state index contributed by atoms with van der Waals surface area (Å²) in [6, 6.07) is 0. The number of carbonyl (C=O) groups is 12. The van der Waals surface area contributed by atoms with E-state index in [0.717, 1.165) is 0 Å². The number of rotatable bonds is 24. The van der Waals surface area contributed by atoms with Crippen LogP contribution in [-0.2, 0) is 136 Å². The van der Waals surface area contributed by atoms with Crippen molar-refractivity contribution in [3.05, 3.63) is 0 Å². The quantitative estimate of drug-likeness (QED) is 0.0866. The molecule has 0 atom stereocenters. The van der Waals surface area contributed by atoms with Crippen molar-refractivity contribution >= 4 is 71.6 Å². The maximum atomic E-state index is 9.99. The second-order valence-corrected chi connectivity index (χ2v) is 9.04. The summed E-state index contributed by atoms with van der Waals surface area (Å²) in [6.07, 6.45) is 0. The maximum absolute atomic E-state index is 9.99. The van der Waals surface area contributed by atoms with E-state index < -0.39 is 150 Å². The molecule has 0 aromatic rings. The molecule has 0 aromatic heterocycles. The van der Waals surface area contributed by atoms with Crippen molar-refractivity contribution < 1.29 is 197 Å². The largest absolute Gasteiger partial charge is 4.00 e. The molecule has 0 saturated carbocycles. The summed E-state index contributed by atoms with van der Waals surface area (Å²) in [5.41, 5.74) is 0. The van der Waals surface area contributed by atoms with Crippen LogP contribution in [0, 0.1) is 0 Å². The van der Waals surface area contributed by atoms with E-state index in [2.05, 4.69) is 0 Å². The Hall–Kier alpha value is -3.87. The third-order valence-corrected chi connectivity index (χ3v) is 4.23. The van der Waals surface area contributed by atoms with Crippen molar-refractivity contribution in [2.45, 2.75) is 0 Å². The molecule has 28 nitrogen and oxygen atoms in total. The second kappa shape index (κ2) is 38.4. The molecule has 55 heavy (non-hydrogen) atoms. The van der Waals surface area contributed by atoms with Crippen LogP contribution in [0.25, 0.3) is 0 Å². The van der Waals surface area contributed by atoms with Gasteiger partial charge in [0.15, 0.2) is 0 Å². The normalized spacial score (nSPS) is 9.38. The summed E-state index contributed by atoms with van der Waals surface area (Å²) >= 11 is 0. The molecule has 31 heteroatoms. The van der Waals surface area contributed by atoms with Crippen molar-refractivity contribution in [3.8, 4) is 0 Å². The van der Waals surface area contributed by atoms with E-state index in [-0.39, 0.29) is 78.6 Å². The van der Waals surface area contributed by atoms with Crippen LogP contribution in [0.3, 0.4) is 0 Å². The summed E-state index contributed by atoms with van der Waals surface area (Å²) in [5, 5.41) is 120. The van der Waals surface area contributed by atoms with E-state index in [1.54, 1.807) is 0 Å². The standard InChI is InChI=1S/4C6H9NO6.3Zr/c4*8-4(9)1-7(2-5(10)11)3-6(12)13;;;/h4*1-3H2,(H,8,9)(H,10,11)(H,12,13);;;/q;;;;3*+4/p-12.